The first-order valence-corrected chi connectivity index (χ1v) is 12.0. The van der Waals surface area contributed by atoms with Gasteiger partial charge in [0.05, 0.1) is 30.3 Å². The number of ether oxygens (including phenoxy) is 2. The van der Waals surface area contributed by atoms with Crippen LogP contribution >= 0.6 is 15.9 Å². The molecule has 36 heavy (non-hydrogen) atoms. The Morgan fingerprint density at radius 2 is 1.72 bits per heavy atom. The molecule has 8 heteroatoms. The van der Waals surface area contributed by atoms with Gasteiger partial charge in [0.25, 0.3) is 11.7 Å². The van der Waals surface area contributed by atoms with E-state index in [2.05, 4.69) is 20.9 Å². The summed E-state index contributed by atoms with van der Waals surface area (Å²) in [6.45, 7) is 1.90. The van der Waals surface area contributed by atoms with Crippen molar-refractivity contribution in [3.05, 3.63) is 93.6 Å². The Labute approximate surface area is 216 Å². The van der Waals surface area contributed by atoms with Gasteiger partial charge >= 0.3 is 0 Å². The van der Waals surface area contributed by atoms with Gasteiger partial charge in [0.1, 0.15) is 17.3 Å². The maximum Gasteiger partial charge on any atom is 0.300 e. The van der Waals surface area contributed by atoms with Crippen LogP contribution in [0.1, 0.15) is 22.9 Å². The van der Waals surface area contributed by atoms with E-state index < -0.39 is 17.7 Å². The number of aliphatic hydroxyl groups excluding tert-OH is 1. The van der Waals surface area contributed by atoms with Crippen molar-refractivity contribution < 1.29 is 24.2 Å². The SMILES string of the molecule is COc1ccc(N2C(=O)C(=O)/C(=C(/O)c3ccc(OC)c(Br)c3)C2c2c(C)[nH]c3ccccc23)cc1. The second-order valence-electron chi connectivity index (χ2n) is 8.43. The minimum atomic E-state index is -0.851. The van der Waals surface area contributed by atoms with E-state index in [0.29, 0.717) is 27.2 Å². The van der Waals surface area contributed by atoms with E-state index in [-0.39, 0.29) is 11.3 Å². The smallest absolute Gasteiger partial charge is 0.300 e. The summed E-state index contributed by atoms with van der Waals surface area (Å²) in [7, 11) is 3.10. The monoisotopic (exact) mass is 546 g/mol. The fraction of sp³-hybridized carbons (Fsp3) is 0.143. The molecule has 3 aromatic carbocycles. The summed E-state index contributed by atoms with van der Waals surface area (Å²) in [5, 5.41) is 12.3. The highest BCUT2D eigenvalue weighted by atomic mass is 79.9. The summed E-state index contributed by atoms with van der Waals surface area (Å²) in [6.07, 6.45) is 0. The maximum absolute atomic E-state index is 13.5. The molecule has 1 fully saturated rings. The van der Waals surface area contributed by atoms with Crippen LogP contribution in [-0.4, -0.2) is 36.0 Å². The second-order valence-corrected chi connectivity index (χ2v) is 9.28. The number of aromatic amines is 1. The first-order valence-electron chi connectivity index (χ1n) is 11.2. The number of aliphatic hydroxyl groups is 1. The number of benzene rings is 3. The molecule has 2 N–H and O–H groups in total. The fourth-order valence-corrected chi connectivity index (χ4v) is 5.28. The standard InChI is InChI=1S/C28H23BrN2O5/c1-15-23(19-6-4-5-7-21(19)30-15)25-24(26(32)16-8-13-22(36-3)20(29)14-16)27(33)28(34)31(25)17-9-11-18(35-2)12-10-17/h4-14,25,30,32H,1-3H3/b26-24+. The van der Waals surface area contributed by atoms with Gasteiger partial charge < -0.3 is 19.6 Å². The molecule has 0 spiro atoms. The van der Waals surface area contributed by atoms with Gasteiger partial charge in [-0.05, 0) is 71.4 Å². The van der Waals surface area contributed by atoms with Crippen LogP contribution in [0.4, 0.5) is 5.69 Å². The van der Waals surface area contributed by atoms with E-state index in [1.165, 1.54) is 4.90 Å². The van der Waals surface area contributed by atoms with Gasteiger partial charge in [-0.25, -0.2) is 0 Å². The third-order valence-electron chi connectivity index (χ3n) is 6.44. The number of rotatable bonds is 5. The number of H-pyrrole nitrogens is 1. The predicted octanol–water partition coefficient (Wildman–Crippen LogP) is 5.88. The highest BCUT2D eigenvalue weighted by molar-refractivity contribution is 9.10. The Bertz CT molecular complexity index is 1540. The number of carbonyl (C=O) groups excluding carboxylic acids is 2. The van der Waals surface area contributed by atoms with E-state index in [4.69, 9.17) is 9.47 Å². The van der Waals surface area contributed by atoms with Gasteiger partial charge in [0.2, 0.25) is 0 Å². The Morgan fingerprint density at radius 3 is 2.39 bits per heavy atom. The fourth-order valence-electron chi connectivity index (χ4n) is 4.73. The van der Waals surface area contributed by atoms with E-state index >= 15 is 0 Å². The maximum atomic E-state index is 13.5. The summed E-state index contributed by atoms with van der Waals surface area (Å²) in [6, 6.07) is 18.8. The summed E-state index contributed by atoms with van der Waals surface area (Å²) in [5.74, 6) is -0.538. The van der Waals surface area contributed by atoms with Gasteiger partial charge in [0, 0.05) is 33.4 Å². The van der Waals surface area contributed by atoms with E-state index in [1.807, 2.05) is 31.2 Å². The van der Waals surface area contributed by atoms with Gasteiger partial charge in [-0.2, -0.15) is 0 Å². The lowest BCUT2D eigenvalue weighted by atomic mass is 9.93. The van der Waals surface area contributed by atoms with Crippen molar-refractivity contribution in [1.29, 1.82) is 0 Å². The molecule has 0 aliphatic carbocycles. The van der Waals surface area contributed by atoms with E-state index in [1.54, 1.807) is 56.7 Å². The van der Waals surface area contributed by atoms with Crippen molar-refractivity contribution >= 4 is 50.0 Å². The number of carbonyl (C=O) groups is 2. The van der Waals surface area contributed by atoms with Gasteiger partial charge in [0.15, 0.2) is 0 Å². The summed E-state index contributed by atoms with van der Waals surface area (Å²) in [4.78, 5) is 31.8. The molecule has 1 unspecified atom stereocenters. The zero-order valence-electron chi connectivity index (χ0n) is 19.8. The number of nitrogens with one attached hydrogen (secondary N) is 1. The number of aryl methyl sites for hydroxylation is 1. The Kier molecular flexibility index (Phi) is 6.05. The highest BCUT2D eigenvalue weighted by Gasteiger charge is 2.48. The van der Waals surface area contributed by atoms with Crippen LogP contribution in [0.15, 0.2) is 76.8 Å². The Hall–Kier alpha value is -4.04. The zero-order chi connectivity index (χ0) is 25.6. The van der Waals surface area contributed by atoms with Crippen LogP contribution in [-0.2, 0) is 9.59 Å². The number of para-hydroxylation sites is 1. The van der Waals surface area contributed by atoms with Gasteiger partial charge in [-0.1, -0.05) is 18.2 Å². The minimum absolute atomic E-state index is 0.0146. The number of halogens is 1. The van der Waals surface area contributed by atoms with Crippen LogP contribution in [0.5, 0.6) is 11.5 Å². The number of anilines is 1. The zero-order valence-corrected chi connectivity index (χ0v) is 21.4. The van der Waals surface area contributed by atoms with Crippen molar-refractivity contribution in [3.8, 4) is 11.5 Å². The number of hydrogen-bond acceptors (Lipinski definition) is 5. The molecule has 5 rings (SSSR count). The molecule has 0 bridgehead atoms. The largest absolute Gasteiger partial charge is 0.507 e. The molecular weight excluding hydrogens is 524 g/mol. The van der Waals surface area contributed by atoms with Gasteiger partial charge in [-0.3, -0.25) is 14.5 Å². The molecule has 1 amide bonds. The number of hydrogen-bond donors (Lipinski definition) is 2. The lowest BCUT2D eigenvalue weighted by Crippen LogP contribution is -2.29. The molecule has 0 radical (unpaired) electrons. The third-order valence-corrected chi connectivity index (χ3v) is 7.06. The second kappa shape index (κ2) is 9.20. The molecular formula is C28H23BrN2O5. The predicted molar refractivity (Wildman–Crippen MR) is 142 cm³/mol. The van der Waals surface area contributed by atoms with Crippen LogP contribution in [0.3, 0.4) is 0 Å². The van der Waals surface area contributed by atoms with Gasteiger partial charge in [-0.15, -0.1) is 0 Å². The van der Waals surface area contributed by atoms with Crippen LogP contribution < -0.4 is 14.4 Å². The quantitative estimate of drug-likeness (QED) is 0.185. The molecule has 1 aromatic heterocycles. The average molecular weight is 547 g/mol. The Morgan fingerprint density at radius 1 is 1.00 bits per heavy atom. The molecule has 1 atom stereocenters. The molecule has 182 valence electrons. The molecule has 1 aliphatic rings. The average Bonchev–Trinajstić information content (AvgIpc) is 3.35. The molecule has 2 heterocycles. The van der Waals surface area contributed by atoms with E-state index in [0.717, 1.165) is 22.2 Å². The first-order chi connectivity index (χ1) is 17.3. The molecule has 4 aromatic rings. The highest BCUT2D eigenvalue weighted by Crippen LogP contribution is 2.46. The molecule has 7 nitrogen and oxygen atoms in total. The van der Waals surface area contributed by atoms with Crippen molar-refractivity contribution in [2.45, 2.75) is 13.0 Å². The number of aromatic nitrogens is 1. The van der Waals surface area contributed by atoms with Crippen LogP contribution in [0.25, 0.3) is 16.7 Å². The summed E-state index contributed by atoms with van der Waals surface area (Å²) in [5.41, 5.74) is 3.33. The van der Waals surface area contributed by atoms with Crippen molar-refractivity contribution in [2.24, 2.45) is 0 Å². The van der Waals surface area contributed by atoms with Crippen LogP contribution in [0, 0.1) is 6.92 Å². The minimum Gasteiger partial charge on any atom is -0.507 e. The van der Waals surface area contributed by atoms with E-state index in [9.17, 15) is 14.7 Å². The van der Waals surface area contributed by atoms with Crippen molar-refractivity contribution in [1.82, 2.24) is 4.98 Å². The molecule has 1 saturated heterocycles. The van der Waals surface area contributed by atoms with Crippen molar-refractivity contribution in [2.75, 3.05) is 19.1 Å². The number of amides is 1. The van der Waals surface area contributed by atoms with Crippen molar-refractivity contribution in [3.63, 3.8) is 0 Å². The lowest BCUT2D eigenvalue weighted by molar-refractivity contribution is -0.132. The number of fused-ring (bicyclic) bond motifs is 1. The van der Waals surface area contributed by atoms with Crippen LogP contribution in [0.2, 0.25) is 0 Å². The third kappa shape index (κ3) is 3.74. The number of nitrogens with zero attached hydrogens (tertiary/aromatic N) is 1. The first kappa shape index (κ1) is 23.7. The molecule has 0 saturated carbocycles. The summed E-state index contributed by atoms with van der Waals surface area (Å²) < 4.78 is 11.2. The number of ketones is 1. The number of Topliss-reactive ketones (excluding diaryl/α,β-unsaturated/α-hetero) is 1. The summed E-state index contributed by atoms with van der Waals surface area (Å²) >= 11 is 3.43. The normalized spacial score (nSPS) is 17.1. The number of methoxy groups -OCH3 is 2. The molecule has 1 aliphatic heterocycles. The Balaban J connectivity index is 1.78. The topological polar surface area (TPSA) is 91.9 Å². The lowest BCUT2D eigenvalue weighted by Gasteiger charge is -2.26.